The van der Waals surface area contributed by atoms with Gasteiger partial charge in [0.05, 0.1) is 0 Å². The quantitative estimate of drug-likeness (QED) is 0.797. The van der Waals surface area contributed by atoms with Gasteiger partial charge in [0.1, 0.15) is 5.60 Å². The van der Waals surface area contributed by atoms with Crippen molar-refractivity contribution in [1.29, 1.82) is 0 Å². The predicted molar refractivity (Wildman–Crippen MR) is 72.0 cm³/mol. The van der Waals surface area contributed by atoms with Gasteiger partial charge in [-0.2, -0.15) is 0 Å². The molecule has 0 aromatic carbocycles. The standard InChI is InChI=1S/C14H23NO4/c1-14(2,3)19-13(18)15-9-5-7-11(10-15)6-4-8-12(16)17/h7H,4-6,8-10H2,1-3H3,(H,16,17). The van der Waals surface area contributed by atoms with Crippen LogP contribution in [0.1, 0.15) is 46.5 Å². The van der Waals surface area contributed by atoms with Gasteiger partial charge in [0, 0.05) is 19.5 Å². The number of hydrogen-bond donors (Lipinski definition) is 1. The molecule has 0 aromatic rings. The van der Waals surface area contributed by atoms with E-state index >= 15 is 0 Å². The second kappa shape index (κ2) is 6.59. The molecule has 1 aliphatic rings. The topological polar surface area (TPSA) is 66.8 Å². The number of ether oxygens (including phenoxy) is 1. The third kappa shape index (κ3) is 6.27. The summed E-state index contributed by atoms with van der Waals surface area (Å²) in [5.74, 6) is -0.777. The first-order chi connectivity index (χ1) is 8.78. The number of carboxylic acids is 1. The minimum Gasteiger partial charge on any atom is -0.481 e. The first-order valence-electron chi connectivity index (χ1n) is 6.65. The predicted octanol–water partition coefficient (Wildman–Crippen LogP) is 2.81. The van der Waals surface area contributed by atoms with Crippen LogP contribution in [0.3, 0.4) is 0 Å². The largest absolute Gasteiger partial charge is 0.481 e. The molecule has 5 heteroatoms. The number of carbonyl (C=O) groups is 2. The maximum atomic E-state index is 11.9. The van der Waals surface area contributed by atoms with Crippen LogP contribution in [0.2, 0.25) is 0 Å². The highest BCUT2D eigenvalue weighted by molar-refractivity contribution is 5.69. The summed E-state index contributed by atoms with van der Waals surface area (Å²) in [5, 5.41) is 8.61. The monoisotopic (exact) mass is 269 g/mol. The van der Waals surface area contributed by atoms with E-state index in [4.69, 9.17) is 9.84 Å². The Morgan fingerprint density at radius 3 is 2.68 bits per heavy atom. The molecule has 0 unspecified atom stereocenters. The summed E-state index contributed by atoms with van der Waals surface area (Å²) in [6, 6.07) is 0. The van der Waals surface area contributed by atoms with Crippen molar-refractivity contribution in [3.8, 4) is 0 Å². The zero-order valence-corrected chi connectivity index (χ0v) is 11.9. The molecule has 1 aliphatic heterocycles. The van der Waals surface area contributed by atoms with Crippen molar-refractivity contribution in [3.63, 3.8) is 0 Å². The average Bonchev–Trinajstić information content (AvgIpc) is 2.26. The van der Waals surface area contributed by atoms with E-state index in [1.165, 1.54) is 0 Å². The molecule has 1 heterocycles. The van der Waals surface area contributed by atoms with Gasteiger partial charge in [0.25, 0.3) is 0 Å². The van der Waals surface area contributed by atoms with Gasteiger partial charge in [0.2, 0.25) is 0 Å². The van der Waals surface area contributed by atoms with Crippen molar-refractivity contribution >= 4 is 12.1 Å². The molecule has 0 bridgehead atoms. The summed E-state index contributed by atoms with van der Waals surface area (Å²) < 4.78 is 5.33. The number of rotatable bonds is 4. The van der Waals surface area contributed by atoms with Gasteiger partial charge in [-0.05, 0) is 40.0 Å². The molecule has 108 valence electrons. The maximum Gasteiger partial charge on any atom is 0.410 e. The molecule has 0 atom stereocenters. The molecular weight excluding hydrogens is 246 g/mol. The van der Waals surface area contributed by atoms with Gasteiger partial charge in [-0.1, -0.05) is 11.6 Å². The molecule has 1 N–H and O–H groups in total. The summed E-state index contributed by atoms with van der Waals surface area (Å²) in [7, 11) is 0. The van der Waals surface area contributed by atoms with E-state index in [0.29, 0.717) is 19.5 Å². The van der Waals surface area contributed by atoms with Crippen LogP contribution in [0.15, 0.2) is 11.6 Å². The molecule has 0 spiro atoms. The first kappa shape index (κ1) is 15.5. The minimum absolute atomic E-state index is 0.170. The molecule has 0 fully saturated rings. The van der Waals surface area contributed by atoms with Crippen molar-refractivity contribution in [2.45, 2.75) is 52.1 Å². The second-order valence-corrected chi connectivity index (χ2v) is 5.80. The van der Waals surface area contributed by atoms with Crippen LogP contribution in [0.25, 0.3) is 0 Å². The highest BCUT2D eigenvalue weighted by atomic mass is 16.6. The van der Waals surface area contributed by atoms with Crippen LogP contribution in [-0.4, -0.2) is 40.8 Å². The van der Waals surface area contributed by atoms with Crippen molar-refractivity contribution in [1.82, 2.24) is 4.90 Å². The Morgan fingerprint density at radius 2 is 2.11 bits per heavy atom. The molecule has 5 nitrogen and oxygen atoms in total. The highest BCUT2D eigenvalue weighted by Crippen LogP contribution is 2.18. The van der Waals surface area contributed by atoms with E-state index in [1.54, 1.807) is 4.90 Å². The molecule has 1 rings (SSSR count). The van der Waals surface area contributed by atoms with Crippen LogP contribution < -0.4 is 0 Å². The maximum absolute atomic E-state index is 11.9. The molecule has 0 saturated heterocycles. The molecule has 0 saturated carbocycles. The lowest BCUT2D eigenvalue weighted by atomic mass is 10.0. The van der Waals surface area contributed by atoms with Gasteiger partial charge in [0.15, 0.2) is 0 Å². The Kier molecular flexibility index (Phi) is 5.39. The lowest BCUT2D eigenvalue weighted by Gasteiger charge is -2.30. The number of amides is 1. The number of aliphatic carboxylic acids is 1. The Hall–Kier alpha value is -1.52. The van der Waals surface area contributed by atoms with Crippen molar-refractivity contribution in [2.75, 3.05) is 13.1 Å². The van der Waals surface area contributed by atoms with Crippen molar-refractivity contribution in [3.05, 3.63) is 11.6 Å². The molecular formula is C14H23NO4. The van der Waals surface area contributed by atoms with E-state index in [1.807, 2.05) is 20.8 Å². The van der Waals surface area contributed by atoms with Gasteiger partial charge in [-0.3, -0.25) is 4.79 Å². The summed E-state index contributed by atoms with van der Waals surface area (Å²) >= 11 is 0. The first-order valence-corrected chi connectivity index (χ1v) is 6.65. The normalized spacial score (nSPS) is 15.9. The van der Waals surface area contributed by atoms with E-state index in [-0.39, 0.29) is 12.5 Å². The summed E-state index contributed by atoms with van der Waals surface area (Å²) in [4.78, 5) is 24.1. The van der Waals surface area contributed by atoms with Crippen molar-refractivity contribution < 1.29 is 19.4 Å². The zero-order chi connectivity index (χ0) is 14.5. The van der Waals surface area contributed by atoms with Gasteiger partial charge in [-0.15, -0.1) is 0 Å². The van der Waals surface area contributed by atoms with E-state index in [2.05, 4.69) is 6.08 Å². The number of carbonyl (C=O) groups excluding carboxylic acids is 1. The fourth-order valence-corrected chi connectivity index (χ4v) is 1.94. The Bertz CT molecular complexity index is 368. The third-order valence-electron chi connectivity index (χ3n) is 2.77. The summed E-state index contributed by atoms with van der Waals surface area (Å²) in [6.45, 7) is 6.75. The van der Waals surface area contributed by atoms with Crippen LogP contribution in [0.5, 0.6) is 0 Å². The fraction of sp³-hybridized carbons (Fsp3) is 0.714. The van der Waals surface area contributed by atoms with Crippen LogP contribution >= 0.6 is 0 Å². The van der Waals surface area contributed by atoms with Gasteiger partial charge < -0.3 is 14.7 Å². The zero-order valence-electron chi connectivity index (χ0n) is 11.9. The fourth-order valence-electron chi connectivity index (χ4n) is 1.94. The van der Waals surface area contributed by atoms with E-state index < -0.39 is 11.6 Å². The molecule has 0 aromatic heterocycles. The Balaban J connectivity index is 2.42. The van der Waals surface area contributed by atoms with Crippen LogP contribution in [-0.2, 0) is 9.53 Å². The van der Waals surface area contributed by atoms with Crippen molar-refractivity contribution in [2.24, 2.45) is 0 Å². The SMILES string of the molecule is CC(C)(C)OC(=O)N1CCC=C(CCCC(=O)O)C1. The van der Waals surface area contributed by atoms with Crippen LogP contribution in [0, 0.1) is 0 Å². The highest BCUT2D eigenvalue weighted by Gasteiger charge is 2.24. The Morgan fingerprint density at radius 1 is 1.42 bits per heavy atom. The lowest BCUT2D eigenvalue weighted by molar-refractivity contribution is -0.137. The van der Waals surface area contributed by atoms with E-state index in [9.17, 15) is 9.59 Å². The third-order valence-corrected chi connectivity index (χ3v) is 2.77. The van der Waals surface area contributed by atoms with Crippen LogP contribution in [0.4, 0.5) is 4.79 Å². The molecule has 0 radical (unpaired) electrons. The summed E-state index contributed by atoms with van der Waals surface area (Å²) in [5.41, 5.74) is 0.639. The molecule has 1 amide bonds. The average molecular weight is 269 g/mol. The van der Waals surface area contributed by atoms with Gasteiger partial charge in [-0.25, -0.2) is 4.79 Å². The second-order valence-electron chi connectivity index (χ2n) is 5.80. The summed E-state index contributed by atoms with van der Waals surface area (Å²) in [6.07, 6.45) is 4.12. The number of carboxylic acid groups (broad SMARTS) is 1. The van der Waals surface area contributed by atoms with E-state index in [0.717, 1.165) is 18.4 Å². The minimum atomic E-state index is -0.777. The number of hydrogen-bond acceptors (Lipinski definition) is 3. The smallest absolute Gasteiger partial charge is 0.410 e. The molecule has 19 heavy (non-hydrogen) atoms. The number of nitrogens with zero attached hydrogens (tertiary/aromatic N) is 1. The lowest BCUT2D eigenvalue weighted by Crippen LogP contribution is -2.39. The Labute approximate surface area is 114 Å². The van der Waals surface area contributed by atoms with Gasteiger partial charge >= 0.3 is 12.1 Å². The molecule has 0 aliphatic carbocycles.